The van der Waals surface area contributed by atoms with Gasteiger partial charge in [-0.15, -0.1) is 0 Å². The van der Waals surface area contributed by atoms with Crippen LogP contribution in [0.15, 0.2) is 41.6 Å². The molecule has 1 aromatic carbocycles. The predicted molar refractivity (Wildman–Crippen MR) is 91.9 cm³/mol. The second-order valence-electron chi connectivity index (χ2n) is 6.61. The molecule has 25 heavy (non-hydrogen) atoms. The summed E-state index contributed by atoms with van der Waals surface area (Å²) in [4.78, 5) is 38.9. The van der Waals surface area contributed by atoms with Crippen LogP contribution in [0.4, 0.5) is 4.79 Å². The number of hydrogen-bond donors (Lipinski definition) is 1. The number of carbonyl (C=O) groups is 3. The number of benzene rings is 1. The van der Waals surface area contributed by atoms with Crippen LogP contribution in [0.1, 0.15) is 31.9 Å². The molecule has 3 rings (SSSR count). The van der Waals surface area contributed by atoms with E-state index in [9.17, 15) is 14.4 Å². The minimum absolute atomic E-state index is 0.0116. The lowest BCUT2D eigenvalue weighted by Crippen LogP contribution is -2.54. The quantitative estimate of drug-likeness (QED) is 0.653. The van der Waals surface area contributed by atoms with Gasteiger partial charge < -0.3 is 5.43 Å². The fourth-order valence-electron chi connectivity index (χ4n) is 3.26. The molecule has 132 valence electrons. The predicted octanol–water partition coefficient (Wildman–Crippen LogP) is 1.65. The number of amides is 4. The summed E-state index contributed by atoms with van der Waals surface area (Å²) < 4.78 is 0. The van der Waals surface area contributed by atoms with Crippen molar-refractivity contribution in [1.29, 1.82) is 0 Å². The molecule has 1 aromatic rings. The SMILES string of the molecule is CC(C)N1NC(=C2C(=O)N(C)C(=O)N(C)C2=O)CC1c1ccccc1. The summed E-state index contributed by atoms with van der Waals surface area (Å²) in [5.41, 5.74) is 4.93. The Bertz CT molecular complexity index is 731. The molecule has 2 aliphatic heterocycles. The molecule has 2 aliphatic rings. The van der Waals surface area contributed by atoms with E-state index in [-0.39, 0.29) is 17.7 Å². The third kappa shape index (κ3) is 2.80. The van der Waals surface area contributed by atoms with Crippen LogP contribution in [0.2, 0.25) is 0 Å². The standard InChI is InChI=1S/C18H22N4O3/c1-11(2)22-14(12-8-6-5-7-9-12)10-13(19-22)15-16(23)20(3)18(25)21(4)17(15)24/h5-9,11,14,19H,10H2,1-4H3. The van der Waals surface area contributed by atoms with Crippen molar-refractivity contribution in [3.8, 4) is 0 Å². The largest absolute Gasteiger partial charge is 0.333 e. The Balaban J connectivity index is 2.03. The summed E-state index contributed by atoms with van der Waals surface area (Å²) >= 11 is 0. The van der Waals surface area contributed by atoms with E-state index in [1.165, 1.54) is 14.1 Å². The molecule has 7 nitrogen and oxygen atoms in total. The maximum atomic E-state index is 12.5. The molecule has 1 N–H and O–H groups in total. The van der Waals surface area contributed by atoms with Crippen molar-refractivity contribution in [2.75, 3.05) is 14.1 Å². The van der Waals surface area contributed by atoms with E-state index in [2.05, 4.69) is 5.43 Å². The smallest absolute Gasteiger partial charge is 0.321 e. The van der Waals surface area contributed by atoms with Crippen molar-refractivity contribution < 1.29 is 14.4 Å². The van der Waals surface area contributed by atoms with Crippen LogP contribution >= 0.6 is 0 Å². The Morgan fingerprint density at radius 3 is 2.08 bits per heavy atom. The number of barbiturate groups is 1. The van der Waals surface area contributed by atoms with Gasteiger partial charge in [-0.3, -0.25) is 19.4 Å². The van der Waals surface area contributed by atoms with E-state index in [0.717, 1.165) is 15.4 Å². The molecule has 1 atom stereocenters. The summed E-state index contributed by atoms with van der Waals surface area (Å²) in [6.45, 7) is 4.09. The van der Waals surface area contributed by atoms with Crippen molar-refractivity contribution in [3.05, 3.63) is 47.2 Å². The Labute approximate surface area is 146 Å². The molecule has 2 saturated heterocycles. The van der Waals surface area contributed by atoms with Crippen LogP contribution in [-0.2, 0) is 9.59 Å². The average Bonchev–Trinajstić information content (AvgIpc) is 3.04. The maximum Gasteiger partial charge on any atom is 0.333 e. The Morgan fingerprint density at radius 2 is 1.56 bits per heavy atom. The van der Waals surface area contributed by atoms with Crippen molar-refractivity contribution in [2.24, 2.45) is 0 Å². The number of carbonyl (C=O) groups excluding carboxylic acids is 3. The number of imide groups is 2. The highest BCUT2D eigenvalue weighted by Crippen LogP contribution is 2.35. The zero-order valence-electron chi connectivity index (χ0n) is 14.8. The third-order valence-electron chi connectivity index (χ3n) is 4.65. The summed E-state index contributed by atoms with van der Waals surface area (Å²) in [5, 5.41) is 2.04. The van der Waals surface area contributed by atoms with E-state index < -0.39 is 17.8 Å². The normalized spacial score (nSPS) is 22.3. The number of rotatable bonds is 2. The third-order valence-corrected chi connectivity index (χ3v) is 4.65. The molecule has 0 aliphatic carbocycles. The minimum atomic E-state index is -0.613. The van der Waals surface area contributed by atoms with Crippen LogP contribution < -0.4 is 5.43 Å². The number of hydrogen-bond acceptors (Lipinski definition) is 5. The van der Waals surface area contributed by atoms with Crippen LogP contribution in [0, 0.1) is 0 Å². The van der Waals surface area contributed by atoms with Gasteiger partial charge in [0.2, 0.25) is 0 Å². The monoisotopic (exact) mass is 342 g/mol. The fourth-order valence-corrected chi connectivity index (χ4v) is 3.26. The van der Waals surface area contributed by atoms with E-state index >= 15 is 0 Å². The van der Waals surface area contributed by atoms with Gasteiger partial charge in [0.1, 0.15) is 5.57 Å². The van der Waals surface area contributed by atoms with Gasteiger partial charge in [-0.25, -0.2) is 9.80 Å². The van der Waals surface area contributed by atoms with Gasteiger partial charge in [-0.05, 0) is 19.4 Å². The van der Waals surface area contributed by atoms with Crippen molar-refractivity contribution in [3.63, 3.8) is 0 Å². The zero-order chi connectivity index (χ0) is 18.3. The number of nitrogens with zero attached hydrogens (tertiary/aromatic N) is 3. The van der Waals surface area contributed by atoms with Gasteiger partial charge >= 0.3 is 6.03 Å². The zero-order valence-corrected chi connectivity index (χ0v) is 14.8. The first kappa shape index (κ1) is 17.2. The highest BCUT2D eigenvalue weighted by Gasteiger charge is 2.43. The first-order chi connectivity index (χ1) is 11.8. The van der Waals surface area contributed by atoms with Gasteiger partial charge in [-0.1, -0.05) is 30.3 Å². The number of urea groups is 1. The first-order valence-electron chi connectivity index (χ1n) is 8.26. The Morgan fingerprint density at radius 1 is 1.00 bits per heavy atom. The molecular formula is C18H22N4O3. The van der Waals surface area contributed by atoms with Crippen LogP contribution in [0.5, 0.6) is 0 Å². The second-order valence-corrected chi connectivity index (χ2v) is 6.61. The fraction of sp³-hybridized carbons (Fsp3) is 0.389. The van der Waals surface area contributed by atoms with E-state index in [1.54, 1.807) is 0 Å². The highest BCUT2D eigenvalue weighted by molar-refractivity contribution is 6.28. The van der Waals surface area contributed by atoms with E-state index in [4.69, 9.17) is 0 Å². The summed E-state index contributed by atoms with van der Waals surface area (Å²) in [7, 11) is 2.77. The highest BCUT2D eigenvalue weighted by atomic mass is 16.2. The molecule has 0 spiro atoms. The van der Waals surface area contributed by atoms with Gasteiger partial charge in [0.05, 0.1) is 6.04 Å². The molecule has 2 heterocycles. The van der Waals surface area contributed by atoms with Gasteiger partial charge in [0.25, 0.3) is 11.8 Å². The van der Waals surface area contributed by atoms with Crippen molar-refractivity contribution in [1.82, 2.24) is 20.2 Å². The summed E-state index contributed by atoms with van der Waals surface area (Å²) in [6.07, 6.45) is 0.505. The first-order valence-corrected chi connectivity index (χ1v) is 8.26. The second kappa shape index (κ2) is 6.33. The van der Waals surface area contributed by atoms with Gasteiger partial charge in [0.15, 0.2) is 0 Å². The maximum absolute atomic E-state index is 12.5. The van der Waals surface area contributed by atoms with E-state index in [1.807, 2.05) is 49.2 Å². The van der Waals surface area contributed by atoms with Crippen LogP contribution in [0.3, 0.4) is 0 Å². The molecule has 1 unspecified atom stereocenters. The molecule has 2 fully saturated rings. The van der Waals surface area contributed by atoms with Crippen LogP contribution in [-0.4, -0.2) is 52.8 Å². The summed E-state index contributed by atoms with van der Waals surface area (Å²) in [6, 6.07) is 9.51. The Hall–Kier alpha value is -2.67. The lowest BCUT2D eigenvalue weighted by Gasteiger charge is -2.30. The molecule has 0 bridgehead atoms. The summed E-state index contributed by atoms with van der Waals surface area (Å²) in [5.74, 6) is -1.12. The number of likely N-dealkylation sites (N-methyl/N-ethyl adjacent to an activating group) is 2. The molecule has 0 radical (unpaired) electrons. The number of hydrazine groups is 1. The lowest BCUT2D eigenvalue weighted by atomic mass is 9.99. The van der Waals surface area contributed by atoms with Gasteiger partial charge in [-0.2, -0.15) is 0 Å². The topological polar surface area (TPSA) is 73.0 Å². The lowest BCUT2D eigenvalue weighted by molar-refractivity contribution is -0.134. The van der Waals surface area contributed by atoms with Crippen molar-refractivity contribution >= 4 is 17.8 Å². The van der Waals surface area contributed by atoms with Crippen LogP contribution in [0.25, 0.3) is 0 Å². The molecular weight excluding hydrogens is 320 g/mol. The number of nitrogens with one attached hydrogen (secondary N) is 1. The Kier molecular flexibility index (Phi) is 4.34. The minimum Gasteiger partial charge on any atom is -0.321 e. The average molecular weight is 342 g/mol. The molecule has 0 aromatic heterocycles. The molecule has 4 amide bonds. The van der Waals surface area contributed by atoms with Crippen molar-refractivity contribution in [2.45, 2.75) is 32.4 Å². The molecule has 7 heteroatoms. The van der Waals surface area contributed by atoms with E-state index in [0.29, 0.717) is 12.1 Å². The van der Waals surface area contributed by atoms with Gasteiger partial charge in [0, 0.05) is 32.3 Å². The molecule has 0 saturated carbocycles.